The lowest BCUT2D eigenvalue weighted by Gasteiger charge is -2.18. The number of nitrogens with zero attached hydrogens (tertiary/aromatic N) is 2. The Morgan fingerprint density at radius 1 is 0.778 bits per heavy atom. The van der Waals surface area contributed by atoms with E-state index in [1.807, 2.05) is 42.0 Å². The molecule has 0 spiro atoms. The summed E-state index contributed by atoms with van der Waals surface area (Å²) in [6.07, 6.45) is 1.82. The molecule has 0 aromatic carbocycles. The largest absolute Gasteiger partial charge is 0.377 e. The van der Waals surface area contributed by atoms with Gasteiger partial charge in [0.15, 0.2) is 0 Å². The molecule has 0 aromatic heterocycles. The summed E-state index contributed by atoms with van der Waals surface area (Å²) in [4.78, 5) is 27.7. The summed E-state index contributed by atoms with van der Waals surface area (Å²) in [6, 6.07) is -0.585. The molecule has 0 saturated carbocycles. The van der Waals surface area contributed by atoms with Crippen molar-refractivity contribution in [3.63, 3.8) is 0 Å². The van der Waals surface area contributed by atoms with E-state index in [0.29, 0.717) is 26.3 Å². The standard InChI is InChI=1S/C18H40N6O3/c1-15(21-17(25)19-9-7-11-23(3)4)13-27-14-16(2)22-18(26)20-10-8-12-24(5)6/h15-16H,7-14H2,1-6H3,(H2,19,21,25)(H2,20,22,26). The fourth-order valence-electron chi connectivity index (χ4n) is 2.25. The Morgan fingerprint density at radius 2 is 1.15 bits per heavy atom. The summed E-state index contributed by atoms with van der Waals surface area (Å²) in [7, 11) is 8.02. The molecule has 0 heterocycles. The average molecular weight is 389 g/mol. The molecular formula is C18H40N6O3. The summed E-state index contributed by atoms with van der Waals surface area (Å²) in [5.74, 6) is 0. The Morgan fingerprint density at radius 3 is 1.48 bits per heavy atom. The summed E-state index contributed by atoms with van der Waals surface area (Å²) < 4.78 is 5.57. The fourth-order valence-corrected chi connectivity index (χ4v) is 2.25. The van der Waals surface area contributed by atoms with Crippen LogP contribution < -0.4 is 21.3 Å². The third kappa shape index (κ3) is 17.6. The average Bonchev–Trinajstić information content (AvgIpc) is 2.55. The lowest BCUT2D eigenvalue weighted by atomic mass is 10.3. The molecule has 2 atom stereocenters. The van der Waals surface area contributed by atoms with Crippen molar-refractivity contribution in [2.45, 2.75) is 38.8 Å². The van der Waals surface area contributed by atoms with E-state index in [0.717, 1.165) is 25.9 Å². The van der Waals surface area contributed by atoms with E-state index in [-0.39, 0.29) is 24.1 Å². The molecule has 0 aliphatic rings. The van der Waals surface area contributed by atoms with Gasteiger partial charge in [0.25, 0.3) is 0 Å². The summed E-state index contributed by atoms with van der Waals surface area (Å²) >= 11 is 0. The molecule has 2 unspecified atom stereocenters. The molecule has 0 fully saturated rings. The quantitative estimate of drug-likeness (QED) is 0.321. The Bertz CT molecular complexity index is 371. The first-order valence-electron chi connectivity index (χ1n) is 9.66. The van der Waals surface area contributed by atoms with Crippen LogP contribution in [-0.2, 0) is 4.74 Å². The van der Waals surface area contributed by atoms with Gasteiger partial charge in [0, 0.05) is 13.1 Å². The number of carbonyl (C=O) groups is 2. The Kier molecular flexibility index (Phi) is 14.6. The maximum atomic E-state index is 11.7. The van der Waals surface area contributed by atoms with Crippen molar-refractivity contribution in [2.75, 3.05) is 67.6 Å². The highest BCUT2D eigenvalue weighted by Crippen LogP contribution is 1.90. The van der Waals surface area contributed by atoms with Gasteiger partial charge in [-0.1, -0.05) is 0 Å². The predicted octanol–water partition coefficient (Wildman–Crippen LogP) is 0.282. The first-order chi connectivity index (χ1) is 12.7. The van der Waals surface area contributed by atoms with E-state index in [1.54, 1.807) is 0 Å². The zero-order valence-corrected chi connectivity index (χ0v) is 17.9. The van der Waals surface area contributed by atoms with Gasteiger partial charge in [0.05, 0.1) is 25.3 Å². The fraction of sp³-hybridized carbons (Fsp3) is 0.889. The lowest BCUT2D eigenvalue weighted by Crippen LogP contribution is -2.45. The van der Waals surface area contributed by atoms with Crippen LogP contribution in [-0.4, -0.2) is 102 Å². The molecule has 4 N–H and O–H groups in total. The topological polar surface area (TPSA) is 98.0 Å². The normalized spacial score (nSPS) is 13.3. The summed E-state index contributed by atoms with van der Waals surface area (Å²) in [5, 5.41) is 11.3. The van der Waals surface area contributed by atoms with Crippen molar-refractivity contribution < 1.29 is 14.3 Å². The van der Waals surface area contributed by atoms with E-state index >= 15 is 0 Å². The monoisotopic (exact) mass is 388 g/mol. The van der Waals surface area contributed by atoms with Crippen molar-refractivity contribution in [3.8, 4) is 0 Å². The van der Waals surface area contributed by atoms with Crippen LogP contribution in [0.4, 0.5) is 9.59 Å². The van der Waals surface area contributed by atoms with Gasteiger partial charge in [-0.15, -0.1) is 0 Å². The number of carbonyl (C=O) groups excluding carboxylic acids is 2. The van der Waals surface area contributed by atoms with E-state index in [9.17, 15) is 9.59 Å². The highest BCUT2D eigenvalue weighted by Gasteiger charge is 2.10. The van der Waals surface area contributed by atoms with Gasteiger partial charge in [-0.05, 0) is 68.0 Å². The summed E-state index contributed by atoms with van der Waals surface area (Å²) in [5.41, 5.74) is 0. The highest BCUT2D eigenvalue weighted by molar-refractivity contribution is 5.74. The van der Waals surface area contributed by atoms with Crippen molar-refractivity contribution in [3.05, 3.63) is 0 Å². The SMILES string of the molecule is CC(COCC(C)NC(=O)NCCCN(C)C)NC(=O)NCCCN(C)C. The van der Waals surface area contributed by atoms with Gasteiger partial charge in [-0.25, -0.2) is 9.59 Å². The van der Waals surface area contributed by atoms with Crippen LogP contribution in [0, 0.1) is 0 Å². The number of hydrogen-bond acceptors (Lipinski definition) is 5. The molecule has 0 saturated heterocycles. The van der Waals surface area contributed by atoms with Gasteiger partial charge in [-0.3, -0.25) is 0 Å². The Balaban J connectivity index is 3.70. The number of amides is 4. The third-order valence-corrected chi connectivity index (χ3v) is 3.63. The van der Waals surface area contributed by atoms with Crippen molar-refractivity contribution in [2.24, 2.45) is 0 Å². The molecule has 0 aliphatic heterocycles. The van der Waals surface area contributed by atoms with Gasteiger partial charge >= 0.3 is 12.1 Å². The molecule has 0 aromatic rings. The molecule has 9 nitrogen and oxygen atoms in total. The van der Waals surface area contributed by atoms with Crippen molar-refractivity contribution in [1.82, 2.24) is 31.1 Å². The minimum atomic E-state index is -0.187. The highest BCUT2D eigenvalue weighted by atomic mass is 16.5. The minimum Gasteiger partial charge on any atom is -0.377 e. The van der Waals surface area contributed by atoms with Crippen LogP contribution in [0.5, 0.6) is 0 Å². The van der Waals surface area contributed by atoms with E-state index in [4.69, 9.17) is 4.74 Å². The van der Waals surface area contributed by atoms with Crippen LogP contribution in [0.1, 0.15) is 26.7 Å². The number of ether oxygens (including phenoxy) is 1. The maximum Gasteiger partial charge on any atom is 0.315 e. The van der Waals surface area contributed by atoms with Crippen LogP contribution >= 0.6 is 0 Å². The molecule has 0 aliphatic carbocycles. The Hall–Kier alpha value is -1.58. The number of nitrogens with one attached hydrogen (secondary N) is 4. The number of urea groups is 2. The molecule has 0 rings (SSSR count). The third-order valence-electron chi connectivity index (χ3n) is 3.63. The second-order valence-corrected chi connectivity index (χ2v) is 7.45. The number of rotatable bonds is 14. The molecular weight excluding hydrogens is 348 g/mol. The lowest BCUT2D eigenvalue weighted by molar-refractivity contribution is 0.102. The van der Waals surface area contributed by atoms with Crippen LogP contribution in [0.25, 0.3) is 0 Å². The van der Waals surface area contributed by atoms with Gasteiger partial charge in [-0.2, -0.15) is 0 Å². The predicted molar refractivity (Wildman–Crippen MR) is 109 cm³/mol. The van der Waals surface area contributed by atoms with Gasteiger partial charge in [0.1, 0.15) is 0 Å². The van der Waals surface area contributed by atoms with Crippen molar-refractivity contribution >= 4 is 12.1 Å². The van der Waals surface area contributed by atoms with E-state index < -0.39 is 0 Å². The maximum absolute atomic E-state index is 11.7. The minimum absolute atomic E-state index is 0.106. The van der Waals surface area contributed by atoms with Gasteiger partial charge < -0.3 is 35.8 Å². The van der Waals surface area contributed by atoms with Crippen LogP contribution in [0.15, 0.2) is 0 Å². The zero-order chi connectivity index (χ0) is 20.7. The molecule has 160 valence electrons. The number of hydrogen-bond donors (Lipinski definition) is 4. The van der Waals surface area contributed by atoms with E-state index in [1.165, 1.54) is 0 Å². The molecule has 4 amide bonds. The van der Waals surface area contributed by atoms with E-state index in [2.05, 4.69) is 31.1 Å². The second-order valence-electron chi connectivity index (χ2n) is 7.45. The van der Waals surface area contributed by atoms with Crippen LogP contribution in [0.3, 0.4) is 0 Å². The summed E-state index contributed by atoms with van der Waals surface area (Å²) in [6.45, 7) is 7.71. The Labute approximate surface area is 164 Å². The molecule has 9 heteroatoms. The molecule has 0 radical (unpaired) electrons. The molecule has 27 heavy (non-hydrogen) atoms. The van der Waals surface area contributed by atoms with Gasteiger partial charge in [0.2, 0.25) is 0 Å². The first-order valence-corrected chi connectivity index (χ1v) is 9.66. The second kappa shape index (κ2) is 15.5. The van der Waals surface area contributed by atoms with Crippen molar-refractivity contribution in [1.29, 1.82) is 0 Å². The molecule has 0 bridgehead atoms. The first kappa shape index (κ1) is 25.4. The van der Waals surface area contributed by atoms with Crippen LogP contribution in [0.2, 0.25) is 0 Å². The smallest absolute Gasteiger partial charge is 0.315 e. The zero-order valence-electron chi connectivity index (χ0n) is 17.9.